The van der Waals surface area contributed by atoms with Crippen LogP contribution in [-0.2, 0) is 17.8 Å². The predicted octanol–water partition coefficient (Wildman–Crippen LogP) is 3.33. The molecule has 0 aromatic heterocycles. The minimum absolute atomic E-state index is 0.105. The number of hydrogen-bond donors (Lipinski definition) is 2. The van der Waals surface area contributed by atoms with Crippen molar-refractivity contribution in [2.24, 2.45) is 0 Å². The summed E-state index contributed by atoms with van der Waals surface area (Å²) < 4.78 is 0. The normalized spacial score (nSPS) is 19.0. The highest BCUT2D eigenvalue weighted by molar-refractivity contribution is 5.92. The Balaban J connectivity index is 1.45. The van der Waals surface area contributed by atoms with Crippen molar-refractivity contribution < 1.29 is 4.79 Å². The van der Waals surface area contributed by atoms with E-state index in [1.54, 1.807) is 0 Å². The molecular formula is C21H25N3O. The molecule has 0 saturated carbocycles. The van der Waals surface area contributed by atoms with Gasteiger partial charge in [-0.05, 0) is 49.1 Å². The summed E-state index contributed by atoms with van der Waals surface area (Å²) in [7, 11) is 0. The summed E-state index contributed by atoms with van der Waals surface area (Å²) in [6.45, 7) is 2.89. The number of hydrogen-bond acceptors (Lipinski definition) is 3. The molecule has 0 radical (unpaired) electrons. The SMILES string of the molecule is O=C(CC1CCCN1)Nc1ccccc1CN1CCc2ccccc21. The molecule has 4 nitrogen and oxygen atoms in total. The summed E-state index contributed by atoms with van der Waals surface area (Å²) in [5.41, 5.74) is 4.84. The number of carbonyl (C=O) groups is 1. The fraction of sp³-hybridized carbons (Fsp3) is 0.381. The summed E-state index contributed by atoms with van der Waals surface area (Å²) in [6.07, 6.45) is 3.92. The highest BCUT2D eigenvalue weighted by Gasteiger charge is 2.21. The Morgan fingerprint density at radius 1 is 1.16 bits per heavy atom. The molecule has 2 aromatic carbocycles. The van der Waals surface area contributed by atoms with Gasteiger partial charge in [0.15, 0.2) is 0 Å². The number of rotatable bonds is 5. The van der Waals surface area contributed by atoms with Gasteiger partial charge in [-0.25, -0.2) is 0 Å². The molecule has 4 heteroatoms. The molecule has 2 aliphatic heterocycles. The number of nitrogens with zero attached hydrogens (tertiary/aromatic N) is 1. The van der Waals surface area contributed by atoms with Crippen LogP contribution in [0.1, 0.15) is 30.4 Å². The third kappa shape index (κ3) is 3.69. The Hall–Kier alpha value is -2.33. The van der Waals surface area contributed by atoms with E-state index in [4.69, 9.17) is 0 Å². The Morgan fingerprint density at radius 3 is 2.88 bits per heavy atom. The Kier molecular flexibility index (Phi) is 4.70. The third-order valence-corrected chi connectivity index (χ3v) is 5.23. The Morgan fingerprint density at radius 2 is 2.00 bits per heavy atom. The first-order chi connectivity index (χ1) is 12.3. The van der Waals surface area contributed by atoms with E-state index in [1.165, 1.54) is 23.2 Å². The van der Waals surface area contributed by atoms with Crippen molar-refractivity contribution in [3.8, 4) is 0 Å². The van der Waals surface area contributed by atoms with Crippen LogP contribution >= 0.6 is 0 Å². The lowest BCUT2D eigenvalue weighted by Crippen LogP contribution is -2.28. The van der Waals surface area contributed by atoms with Gasteiger partial charge in [-0.15, -0.1) is 0 Å². The van der Waals surface area contributed by atoms with Gasteiger partial charge in [0.1, 0.15) is 0 Å². The van der Waals surface area contributed by atoms with Gasteiger partial charge in [0.25, 0.3) is 0 Å². The Bertz CT molecular complexity index is 752. The monoisotopic (exact) mass is 335 g/mol. The van der Waals surface area contributed by atoms with Crippen molar-refractivity contribution in [1.29, 1.82) is 0 Å². The van der Waals surface area contributed by atoms with E-state index in [2.05, 4.69) is 45.9 Å². The molecule has 25 heavy (non-hydrogen) atoms. The molecular weight excluding hydrogens is 310 g/mol. The average molecular weight is 335 g/mol. The van der Waals surface area contributed by atoms with Crippen LogP contribution in [0.2, 0.25) is 0 Å². The van der Waals surface area contributed by atoms with Crippen LogP contribution in [0, 0.1) is 0 Å². The quantitative estimate of drug-likeness (QED) is 0.881. The molecule has 2 aromatic rings. The van der Waals surface area contributed by atoms with Gasteiger partial charge < -0.3 is 15.5 Å². The van der Waals surface area contributed by atoms with Crippen molar-refractivity contribution in [2.45, 2.75) is 38.3 Å². The van der Waals surface area contributed by atoms with E-state index in [9.17, 15) is 4.79 Å². The zero-order valence-electron chi connectivity index (χ0n) is 14.5. The van der Waals surface area contributed by atoms with Gasteiger partial charge in [-0.3, -0.25) is 4.79 Å². The molecule has 2 N–H and O–H groups in total. The van der Waals surface area contributed by atoms with Crippen molar-refractivity contribution >= 4 is 17.3 Å². The van der Waals surface area contributed by atoms with Gasteiger partial charge in [0.05, 0.1) is 0 Å². The molecule has 2 aliphatic rings. The maximum atomic E-state index is 12.4. The highest BCUT2D eigenvalue weighted by Crippen LogP contribution is 2.30. The summed E-state index contributed by atoms with van der Waals surface area (Å²) in [5, 5.41) is 6.52. The number of benzene rings is 2. The number of nitrogens with one attached hydrogen (secondary N) is 2. The van der Waals surface area contributed by atoms with Crippen LogP contribution in [0.5, 0.6) is 0 Å². The van der Waals surface area contributed by atoms with Crippen molar-refractivity contribution in [2.75, 3.05) is 23.3 Å². The minimum Gasteiger partial charge on any atom is -0.367 e. The van der Waals surface area contributed by atoms with E-state index >= 15 is 0 Å². The van der Waals surface area contributed by atoms with Crippen molar-refractivity contribution in [3.05, 3.63) is 59.7 Å². The molecule has 1 atom stereocenters. The third-order valence-electron chi connectivity index (χ3n) is 5.23. The first-order valence-electron chi connectivity index (χ1n) is 9.23. The maximum absolute atomic E-state index is 12.4. The van der Waals surface area contributed by atoms with Crippen LogP contribution in [-0.4, -0.2) is 25.0 Å². The largest absolute Gasteiger partial charge is 0.367 e. The van der Waals surface area contributed by atoms with Gasteiger partial charge in [-0.1, -0.05) is 36.4 Å². The molecule has 0 spiro atoms. The zero-order valence-corrected chi connectivity index (χ0v) is 14.5. The zero-order chi connectivity index (χ0) is 17.1. The van der Waals surface area contributed by atoms with E-state index < -0.39 is 0 Å². The van der Waals surface area contributed by atoms with Gasteiger partial charge in [-0.2, -0.15) is 0 Å². The van der Waals surface area contributed by atoms with E-state index in [0.717, 1.165) is 38.2 Å². The lowest BCUT2D eigenvalue weighted by molar-refractivity contribution is -0.116. The summed E-state index contributed by atoms with van der Waals surface area (Å²) >= 11 is 0. The molecule has 4 rings (SSSR count). The fourth-order valence-electron chi connectivity index (χ4n) is 3.91. The fourth-order valence-corrected chi connectivity index (χ4v) is 3.91. The molecule has 1 saturated heterocycles. The van der Waals surface area contributed by atoms with Crippen LogP contribution < -0.4 is 15.5 Å². The predicted molar refractivity (Wildman–Crippen MR) is 102 cm³/mol. The number of carbonyl (C=O) groups excluding carboxylic acids is 1. The molecule has 130 valence electrons. The molecule has 1 fully saturated rings. The summed E-state index contributed by atoms with van der Waals surface area (Å²) in [6, 6.07) is 17.1. The van der Waals surface area contributed by atoms with Gasteiger partial charge in [0.2, 0.25) is 5.91 Å². The number of fused-ring (bicyclic) bond motifs is 1. The van der Waals surface area contributed by atoms with E-state index in [1.807, 2.05) is 18.2 Å². The smallest absolute Gasteiger partial charge is 0.225 e. The standard InChI is InChI=1S/C21H25N3O/c25-21(14-18-8-5-12-22-18)23-19-9-3-1-7-17(19)15-24-13-11-16-6-2-4-10-20(16)24/h1-4,6-7,9-10,18,22H,5,8,11-15H2,(H,23,25). The number of anilines is 2. The van der Waals surface area contributed by atoms with Crippen LogP contribution in [0.25, 0.3) is 0 Å². The molecule has 0 aliphatic carbocycles. The summed E-state index contributed by atoms with van der Waals surface area (Å²) in [4.78, 5) is 14.8. The van der Waals surface area contributed by atoms with Crippen molar-refractivity contribution in [1.82, 2.24) is 5.32 Å². The average Bonchev–Trinajstić information content (AvgIpc) is 3.27. The topological polar surface area (TPSA) is 44.4 Å². The highest BCUT2D eigenvalue weighted by atomic mass is 16.1. The molecule has 0 bridgehead atoms. The van der Waals surface area contributed by atoms with Gasteiger partial charge >= 0.3 is 0 Å². The second kappa shape index (κ2) is 7.28. The lowest BCUT2D eigenvalue weighted by Gasteiger charge is -2.21. The number of amides is 1. The van der Waals surface area contributed by atoms with Gasteiger partial charge in [0, 0.05) is 36.9 Å². The van der Waals surface area contributed by atoms with Crippen molar-refractivity contribution in [3.63, 3.8) is 0 Å². The number of para-hydroxylation sites is 2. The van der Waals surface area contributed by atoms with Crippen LogP contribution in [0.4, 0.5) is 11.4 Å². The first kappa shape index (κ1) is 16.2. The van der Waals surface area contributed by atoms with E-state index in [0.29, 0.717) is 12.5 Å². The lowest BCUT2D eigenvalue weighted by atomic mass is 10.1. The molecule has 1 amide bonds. The first-order valence-corrected chi connectivity index (χ1v) is 9.23. The second-order valence-electron chi connectivity index (χ2n) is 7.00. The Labute approximate surface area is 149 Å². The maximum Gasteiger partial charge on any atom is 0.225 e. The molecule has 1 unspecified atom stereocenters. The summed E-state index contributed by atoms with van der Waals surface area (Å²) in [5.74, 6) is 0.105. The van der Waals surface area contributed by atoms with Crippen LogP contribution in [0.3, 0.4) is 0 Å². The minimum atomic E-state index is 0.105. The second-order valence-corrected chi connectivity index (χ2v) is 7.00. The van der Waals surface area contributed by atoms with Crippen LogP contribution in [0.15, 0.2) is 48.5 Å². The van der Waals surface area contributed by atoms with E-state index in [-0.39, 0.29) is 5.91 Å². The molecule has 2 heterocycles.